The van der Waals surface area contributed by atoms with E-state index in [2.05, 4.69) is 5.32 Å². The van der Waals surface area contributed by atoms with Crippen LogP contribution in [0.5, 0.6) is 0 Å². The van der Waals surface area contributed by atoms with E-state index in [1.165, 1.54) is 4.31 Å². The van der Waals surface area contributed by atoms with Gasteiger partial charge in [0.25, 0.3) is 10.2 Å². The molecule has 0 aromatic heterocycles. The third-order valence-corrected chi connectivity index (χ3v) is 6.19. The topological polar surface area (TPSA) is 52.7 Å². The molecular weight excluding hydrogens is 310 g/mol. The molecule has 7 heteroatoms. The molecule has 0 aliphatic carbocycles. The van der Waals surface area contributed by atoms with E-state index in [0.717, 1.165) is 5.56 Å². The average Bonchev–Trinajstić information content (AvgIpc) is 2.48. The second-order valence-corrected chi connectivity index (χ2v) is 7.30. The summed E-state index contributed by atoms with van der Waals surface area (Å²) in [6.45, 7) is 6.40. The summed E-state index contributed by atoms with van der Waals surface area (Å²) in [5.41, 5.74) is 0.922. The van der Waals surface area contributed by atoms with E-state index in [0.29, 0.717) is 37.7 Å². The number of rotatable bonds is 5. The van der Waals surface area contributed by atoms with Crippen molar-refractivity contribution in [2.24, 2.45) is 0 Å². The van der Waals surface area contributed by atoms with Gasteiger partial charge in [0.05, 0.1) is 6.04 Å². The molecule has 0 bridgehead atoms. The van der Waals surface area contributed by atoms with Crippen molar-refractivity contribution in [2.75, 3.05) is 32.7 Å². The van der Waals surface area contributed by atoms with Gasteiger partial charge in [0.2, 0.25) is 0 Å². The molecule has 1 aliphatic rings. The first-order chi connectivity index (χ1) is 10.0. The number of halogens is 1. The van der Waals surface area contributed by atoms with Crippen LogP contribution in [-0.4, -0.2) is 49.8 Å². The van der Waals surface area contributed by atoms with Crippen molar-refractivity contribution in [2.45, 2.75) is 19.9 Å². The van der Waals surface area contributed by atoms with Crippen molar-refractivity contribution in [1.29, 1.82) is 0 Å². The van der Waals surface area contributed by atoms with Crippen LogP contribution >= 0.6 is 11.6 Å². The fourth-order valence-electron chi connectivity index (χ4n) is 2.66. The summed E-state index contributed by atoms with van der Waals surface area (Å²) >= 11 is 6.04. The third-order valence-electron chi connectivity index (χ3n) is 3.76. The lowest BCUT2D eigenvalue weighted by Crippen LogP contribution is -2.53. The minimum absolute atomic E-state index is 0.219. The van der Waals surface area contributed by atoms with Crippen molar-refractivity contribution >= 4 is 21.8 Å². The minimum Gasteiger partial charge on any atom is -0.313 e. The number of hydrogen-bond acceptors (Lipinski definition) is 3. The van der Waals surface area contributed by atoms with E-state index in [4.69, 9.17) is 11.6 Å². The fourth-order valence-corrected chi connectivity index (χ4v) is 4.65. The number of nitrogens with one attached hydrogen (secondary N) is 1. The van der Waals surface area contributed by atoms with Gasteiger partial charge in [-0.3, -0.25) is 0 Å². The number of hydrogen-bond donors (Lipinski definition) is 1. The zero-order valence-corrected chi connectivity index (χ0v) is 14.0. The smallest absolute Gasteiger partial charge is 0.282 e. The summed E-state index contributed by atoms with van der Waals surface area (Å²) in [6, 6.07) is 7.19. The van der Waals surface area contributed by atoms with Gasteiger partial charge >= 0.3 is 0 Å². The Morgan fingerprint density at radius 3 is 2.71 bits per heavy atom. The molecule has 5 nitrogen and oxygen atoms in total. The average molecular weight is 332 g/mol. The lowest BCUT2D eigenvalue weighted by atomic mass is 10.1. The molecular formula is C14H22ClN3O2S. The molecule has 2 rings (SSSR count). The molecule has 1 atom stereocenters. The molecule has 1 heterocycles. The van der Waals surface area contributed by atoms with E-state index in [-0.39, 0.29) is 6.04 Å². The van der Waals surface area contributed by atoms with Crippen molar-refractivity contribution in [3.8, 4) is 0 Å². The first-order valence-corrected chi connectivity index (χ1v) is 9.01. The first kappa shape index (κ1) is 16.7. The highest BCUT2D eigenvalue weighted by Crippen LogP contribution is 2.28. The molecule has 0 amide bonds. The zero-order valence-electron chi connectivity index (χ0n) is 12.4. The van der Waals surface area contributed by atoms with Crippen LogP contribution < -0.4 is 5.32 Å². The molecule has 1 fully saturated rings. The fraction of sp³-hybridized carbons (Fsp3) is 0.571. The van der Waals surface area contributed by atoms with Crippen molar-refractivity contribution in [1.82, 2.24) is 13.9 Å². The van der Waals surface area contributed by atoms with Crippen LogP contribution in [0.25, 0.3) is 0 Å². The maximum atomic E-state index is 12.8. The van der Waals surface area contributed by atoms with Gasteiger partial charge in [0.15, 0.2) is 0 Å². The molecule has 0 saturated carbocycles. The van der Waals surface area contributed by atoms with Crippen molar-refractivity contribution in [3.63, 3.8) is 0 Å². The summed E-state index contributed by atoms with van der Waals surface area (Å²) in [5.74, 6) is 0. The second kappa shape index (κ2) is 7.07. The van der Waals surface area contributed by atoms with Gasteiger partial charge < -0.3 is 5.32 Å². The number of benzene rings is 1. The van der Waals surface area contributed by atoms with Crippen LogP contribution in [0.3, 0.4) is 0 Å². The Bertz CT molecular complexity index is 575. The molecule has 1 aliphatic heterocycles. The van der Waals surface area contributed by atoms with E-state index in [9.17, 15) is 8.42 Å². The first-order valence-electron chi connectivity index (χ1n) is 7.23. The minimum atomic E-state index is -3.45. The van der Waals surface area contributed by atoms with Gasteiger partial charge in [-0.1, -0.05) is 37.6 Å². The maximum absolute atomic E-state index is 12.8. The van der Waals surface area contributed by atoms with Gasteiger partial charge in [0, 0.05) is 37.7 Å². The van der Waals surface area contributed by atoms with Gasteiger partial charge in [-0.25, -0.2) is 0 Å². The zero-order chi connectivity index (χ0) is 15.5. The monoisotopic (exact) mass is 331 g/mol. The number of nitrogens with zero attached hydrogens (tertiary/aromatic N) is 2. The predicted octanol–water partition coefficient (Wildman–Crippen LogP) is 1.87. The van der Waals surface area contributed by atoms with Crippen molar-refractivity contribution < 1.29 is 8.42 Å². The predicted molar refractivity (Wildman–Crippen MR) is 85.6 cm³/mol. The van der Waals surface area contributed by atoms with Crippen LogP contribution in [0.4, 0.5) is 0 Å². The summed E-state index contributed by atoms with van der Waals surface area (Å²) in [6.07, 6.45) is 0. The Labute approximate surface area is 132 Å². The van der Waals surface area contributed by atoms with Gasteiger partial charge in [-0.15, -0.1) is 0 Å². The van der Waals surface area contributed by atoms with E-state index < -0.39 is 10.2 Å². The van der Waals surface area contributed by atoms with Crippen LogP contribution in [0.15, 0.2) is 24.3 Å². The highest BCUT2D eigenvalue weighted by atomic mass is 35.5. The molecule has 0 spiro atoms. The van der Waals surface area contributed by atoms with E-state index in [1.807, 2.05) is 32.0 Å². The Morgan fingerprint density at radius 1 is 1.38 bits per heavy atom. The Morgan fingerprint density at radius 2 is 2.10 bits per heavy atom. The van der Waals surface area contributed by atoms with Crippen LogP contribution in [0, 0.1) is 0 Å². The van der Waals surface area contributed by atoms with E-state index in [1.54, 1.807) is 10.4 Å². The molecule has 0 radical (unpaired) electrons. The van der Waals surface area contributed by atoms with Gasteiger partial charge in [-0.05, 0) is 17.7 Å². The Hall–Kier alpha value is -0.660. The van der Waals surface area contributed by atoms with Crippen LogP contribution in [0.1, 0.15) is 25.5 Å². The molecule has 1 unspecified atom stereocenters. The summed E-state index contributed by atoms with van der Waals surface area (Å²) < 4.78 is 28.7. The lowest BCUT2D eigenvalue weighted by Gasteiger charge is -2.38. The summed E-state index contributed by atoms with van der Waals surface area (Å²) in [4.78, 5) is 0. The molecule has 1 N–H and O–H groups in total. The summed E-state index contributed by atoms with van der Waals surface area (Å²) in [5, 5.41) is 3.89. The highest BCUT2D eigenvalue weighted by Gasteiger charge is 2.36. The molecule has 1 aromatic carbocycles. The maximum Gasteiger partial charge on any atom is 0.282 e. The normalized spacial score (nSPS) is 20.9. The van der Waals surface area contributed by atoms with Crippen molar-refractivity contribution in [3.05, 3.63) is 34.9 Å². The molecule has 21 heavy (non-hydrogen) atoms. The van der Waals surface area contributed by atoms with E-state index >= 15 is 0 Å². The molecule has 118 valence electrons. The Balaban J connectivity index is 2.35. The second-order valence-electron chi connectivity index (χ2n) is 4.98. The SMILES string of the molecule is CCN(CC)S(=O)(=O)N1CCNCC1c1cccc(Cl)c1. The van der Waals surface area contributed by atoms with Crippen LogP contribution in [-0.2, 0) is 10.2 Å². The quantitative estimate of drug-likeness (QED) is 0.896. The van der Waals surface area contributed by atoms with Gasteiger partial charge in [-0.2, -0.15) is 17.0 Å². The number of piperazine rings is 1. The molecule has 1 saturated heterocycles. The summed E-state index contributed by atoms with van der Waals surface area (Å²) in [7, 11) is -3.45. The highest BCUT2D eigenvalue weighted by molar-refractivity contribution is 7.86. The standard InChI is InChI=1S/C14H22ClN3O2S/c1-3-17(4-2)21(19,20)18-9-8-16-11-14(18)12-6-5-7-13(15)10-12/h5-7,10,14,16H,3-4,8-9,11H2,1-2H3. The largest absolute Gasteiger partial charge is 0.313 e. The van der Waals surface area contributed by atoms with Gasteiger partial charge in [0.1, 0.15) is 0 Å². The third kappa shape index (κ3) is 3.57. The lowest BCUT2D eigenvalue weighted by molar-refractivity contribution is 0.249. The molecule has 1 aromatic rings. The van der Waals surface area contributed by atoms with Crippen LogP contribution in [0.2, 0.25) is 5.02 Å². The Kier molecular flexibility index (Phi) is 5.62.